The SMILES string of the molecule is CCNC(=NCc1ccc(Cl)cc1Cl)NCCS(N)(=O)=O.I. The summed E-state index contributed by atoms with van der Waals surface area (Å²) < 4.78 is 21.7. The highest BCUT2D eigenvalue weighted by Crippen LogP contribution is 2.21. The number of hydrogen-bond donors (Lipinski definition) is 3. The van der Waals surface area contributed by atoms with Crippen LogP contribution in [0, 0.1) is 0 Å². The Balaban J connectivity index is 0.00000441. The van der Waals surface area contributed by atoms with E-state index in [1.165, 1.54) is 0 Å². The Hall–Kier alpha value is -0.290. The third-order valence-electron chi connectivity index (χ3n) is 2.45. The summed E-state index contributed by atoms with van der Waals surface area (Å²) in [4.78, 5) is 4.33. The Bertz CT molecular complexity index is 611. The normalized spacial score (nSPS) is 11.7. The summed E-state index contributed by atoms with van der Waals surface area (Å²) in [5.41, 5.74) is 0.824. The molecule has 0 aromatic heterocycles. The van der Waals surface area contributed by atoms with E-state index >= 15 is 0 Å². The van der Waals surface area contributed by atoms with Crippen LogP contribution in [0.3, 0.4) is 0 Å². The van der Waals surface area contributed by atoms with Gasteiger partial charge in [0.15, 0.2) is 5.96 Å². The predicted octanol–water partition coefficient (Wildman–Crippen LogP) is 1.96. The van der Waals surface area contributed by atoms with Crippen molar-refractivity contribution in [2.45, 2.75) is 13.5 Å². The van der Waals surface area contributed by atoms with Crippen molar-refractivity contribution in [2.24, 2.45) is 10.1 Å². The number of hydrogen-bond acceptors (Lipinski definition) is 3. The number of primary sulfonamides is 1. The van der Waals surface area contributed by atoms with Gasteiger partial charge in [-0.05, 0) is 24.6 Å². The van der Waals surface area contributed by atoms with Crippen molar-refractivity contribution in [3.63, 3.8) is 0 Å². The summed E-state index contributed by atoms with van der Waals surface area (Å²) in [6, 6.07) is 5.18. The van der Waals surface area contributed by atoms with Gasteiger partial charge in [-0.2, -0.15) is 0 Å². The molecule has 1 aromatic rings. The zero-order chi connectivity index (χ0) is 15.9. The van der Waals surface area contributed by atoms with Gasteiger partial charge < -0.3 is 10.6 Å². The van der Waals surface area contributed by atoms with Crippen LogP contribution < -0.4 is 15.8 Å². The fourth-order valence-electron chi connectivity index (χ4n) is 1.47. The van der Waals surface area contributed by atoms with Crippen molar-refractivity contribution in [3.8, 4) is 0 Å². The molecule has 0 radical (unpaired) electrons. The van der Waals surface area contributed by atoms with E-state index in [1.54, 1.807) is 18.2 Å². The van der Waals surface area contributed by atoms with Crippen molar-refractivity contribution in [1.29, 1.82) is 0 Å². The smallest absolute Gasteiger partial charge is 0.210 e. The average molecular weight is 481 g/mol. The lowest BCUT2D eigenvalue weighted by molar-refractivity contribution is 0.596. The number of halogens is 3. The molecule has 0 aliphatic rings. The Morgan fingerprint density at radius 3 is 2.55 bits per heavy atom. The fraction of sp³-hybridized carbons (Fsp3) is 0.417. The lowest BCUT2D eigenvalue weighted by Gasteiger charge is -2.11. The van der Waals surface area contributed by atoms with Crippen molar-refractivity contribution in [1.82, 2.24) is 10.6 Å². The van der Waals surface area contributed by atoms with Gasteiger partial charge in [-0.25, -0.2) is 18.5 Å². The first-order chi connectivity index (χ1) is 9.81. The van der Waals surface area contributed by atoms with Gasteiger partial charge in [-0.1, -0.05) is 29.3 Å². The quantitative estimate of drug-likeness (QED) is 0.329. The monoisotopic (exact) mass is 480 g/mol. The van der Waals surface area contributed by atoms with Crippen LogP contribution in [-0.2, 0) is 16.6 Å². The molecule has 126 valence electrons. The highest BCUT2D eigenvalue weighted by molar-refractivity contribution is 14.0. The van der Waals surface area contributed by atoms with Gasteiger partial charge in [0.05, 0.1) is 12.3 Å². The molecule has 4 N–H and O–H groups in total. The molecule has 0 unspecified atom stereocenters. The van der Waals surface area contributed by atoms with Crippen molar-refractivity contribution in [2.75, 3.05) is 18.8 Å². The molecule has 0 atom stereocenters. The molecule has 0 saturated carbocycles. The Morgan fingerprint density at radius 2 is 2.00 bits per heavy atom. The molecular weight excluding hydrogens is 462 g/mol. The first-order valence-electron chi connectivity index (χ1n) is 6.28. The average Bonchev–Trinajstić information content (AvgIpc) is 2.36. The van der Waals surface area contributed by atoms with Crippen LogP contribution in [0.2, 0.25) is 10.0 Å². The topological polar surface area (TPSA) is 96.6 Å². The molecule has 0 aliphatic carbocycles. The van der Waals surface area contributed by atoms with Crippen LogP contribution in [0.15, 0.2) is 23.2 Å². The molecule has 1 aromatic carbocycles. The number of nitrogens with one attached hydrogen (secondary N) is 2. The fourth-order valence-corrected chi connectivity index (χ4v) is 2.32. The largest absolute Gasteiger partial charge is 0.357 e. The zero-order valence-corrected chi connectivity index (χ0v) is 16.6. The molecule has 0 fully saturated rings. The van der Waals surface area contributed by atoms with Gasteiger partial charge in [0.1, 0.15) is 0 Å². The summed E-state index contributed by atoms with van der Waals surface area (Å²) >= 11 is 11.9. The van der Waals surface area contributed by atoms with Crippen molar-refractivity contribution < 1.29 is 8.42 Å². The molecule has 0 spiro atoms. The molecule has 10 heteroatoms. The van der Waals surface area contributed by atoms with Gasteiger partial charge in [0, 0.05) is 23.1 Å². The van der Waals surface area contributed by atoms with Gasteiger partial charge in [-0.3, -0.25) is 0 Å². The number of nitrogens with zero attached hydrogens (tertiary/aromatic N) is 1. The Kier molecular flexibility index (Phi) is 10.3. The minimum atomic E-state index is -3.49. The van der Waals surface area contributed by atoms with Gasteiger partial charge in [-0.15, -0.1) is 24.0 Å². The lowest BCUT2D eigenvalue weighted by Crippen LogP contribution is -2.40. The van der Waals surface area contributed by atoms with Crippen LogP contribution in [0.4, 0.5) is 0 Å². The van der Waals surface area contributed by atoms with E-state index in [9.17, 15) is 8.42 Å². The van der Waals surface area contributed by atoms with E-state index in [0.717, 1.165) is 5.56 Å². The van der Waals surface area contributed by atoms with Crippen LogP contribution in [-0.4, -0.2) is 33.2 Å². The van der Waals surface area contributed by atoms with E-state index in [4.69, 9.17) is 28.3 Å². The highest BCUT2D eigenvalue weighted by Gasteiger charge is 2.05. The predicted molar refractivity (Wildman–Crippen MR) is 103 cm³/mol. The number of guanidine groups is 1. The van der Waals surface area contributed by atoms with Crippen LogP contribution in [0.5, 0.6) is 0 Å². The van der Waals surface area contributed by atoms with Crippen LogP contribution in [0.1, 0.15) is 12.5 Å². The summed E-state index contributed by atoms with van der Waals surface area (Å²) in [6.07, 6.45) is 0. The number of rotatable bonds is 6. The Morgan fingerprint density at radius 1 is 1.32 bits per heavy atom. The second-order valence-corrected chi connectivity index (χ2v) is 6.80. The molecule has 1 rings (SSSR count). The molecule has 0 aliphatic heterocycles. The number of aliphatic imine (C=N–C) groups is 1. The van der Waals surface area contributed by atoms with Gasteiger partial charge >= 0.3 is 0 Å². The van der Waals surface area contributed by atoms with E-state index in [1.807, 2.05) is 6.92 Å². The summed E-state index contributed by atoms with van der Waals surface area (Å²) in [5, 5.41) is 11.9. The third kappa shape index (κ3) is 8.99. The van der Waals surface area contributed by atoms with Gasteiger partial charge in [0.25, 0.3) is 0 Å². The Labute approximate surface area is 157 Å². The highest BCUT2D eigenvalue weighted by atomic mass is 127. The summed E-state index contributed by atoms with van der Waals surface area (Å²) in [7, 11) is -3.49. The maximum absolute atomic E-state index is 10.9. The summed E-state index contributed by atoms with van der Waals surface area (Å²) in [6.45, 7) is 3.08. The first-order valence-corrected chi connectivity index (χ1v) is 8.75. The molecule has 0 saturated heterocycles. The lowest BCUT2D eigenvalue weighted by atomic mass is 10.2. The maximum atomic E-state index is 10.9. The van der Waals surface area contributed by atoms with Gasteiger partial charge in [0.2, 0.25) is 10.0 Å². The molecule has 0 amide bonds. The molecule has 0 bridgehead atoms. The zero-order valence-electron chi connectivity index (χ0n) is 12.0. The van der Waals surface area contributed by atoms with E-state index < -0.39 is 10.0 Å². The van der Waals surface area contributed by atoms with Crippen LogP contribution in [0.25, 0.3) is 0 Å². The second-order valence-electron chi connectivity index (χ2n) is 4.22. The second kappa shape index (κ2) is 10.5. The molecule has 6 nitrogen and oxygen atoms in total. The van der Waals surface area contributed by atoms with E-state index in [-0.39, 0.29) is 36.3 Å². The molecule has 0 heterocycles. The number of sulfonamides is 1. The van der Waals surface area contributed by atoms with Crippen molar-refractivity contribution >= 4 is 63.2 Å². The standard InChI is InChI=1S/C12H18Cl2N4O2S.HI/c1-2-16-12(17-5-6-21(15,19)20)18-8-9-3-4-10(13)7-11(9)14;/h3-4,7H,2,5-6,8H2,1H3,(H2,15,19,20)(H2,16,17,18);1H. The first kappa shape index (κ1) is 21.7. The van der Waals surface area contributed by atoms with E-state index in [2.05, 4.69) is 15.6 Å². The van der Waals surface area contributed by atoms with Crippen LogP contribution >= 0.6 is 47.2 Å². The van der Waals surface area contributed by atoms with E-state index in [0.29, 0.717) is 29.1 Å². The number of benzene rings is 1. The molecule has 22 heavy (non-hydrogen) atoms. The van der Waals surface area contributed by atoms with Crippen molar-refractivity contribution in [3.05, 3.63) is 33.8 Å². The number of nitrogens with two attached hydrogens (primary N) is 1. The molecular formula is C12H19Cl2IN4O2S. The third-order valence-corrected chi connectivity index (χ3v) is 3.81. The minimum absolute atomic E-state index is 0. The maximum Gasteiger partial charge on any atom is 0.210 e. The summed E-state index contributed by atoms with van der Waals surface area (Å²) in [5.74, 6) is 0.325. The minimum Gasteiger partial charge on any atom is -0.357 e.